The van der Waals surface area contributed by atoms with Crippen molar-refractivity contribution in [2.45, 2.75) is 25.3 Å². The number of nitrogen functional groups attached to an aromatic ring is 1. The van der Waals surface area contributed by atoms with Crippen LogP contribution in [-0.4, -0.2) is 45.4 Å². The summed E-state index contributed by atoms with van der Waals surface area (Å²) >= 11 is 6.06. The topological polar surface area (TPSA) is 170 Å². The number of carbonyl (C=O) groups excluding carboxylic acids is 1. The second kappa shape index (κ2) is 7.56. The van der Waals surface area contributed by atoms with Crippen molar-refractivity contribution in [2.24, 2.45) is 11.5 Å². The molecule has 1 aliphatic rings. The van der Waals surface area contributed by atoms with E-state index >= 15 is 0 Å². The molecule has 10 nitrogen and oxygen atoms in total. The van der Waals surface area contributed by atoms with Gasteiger partial charge in [-0.25, -0.2) is 15.0 Å². The largest absolute Gasteiger partial charge is 0.436 e. The lowest BCUT2D eigenvalue weighted by Gasteiger charge is -2.37. The summed E-state index contributed by atoms with van der Waals surface area (Å²) in [6.45, 7) is 3.52. The molecule has 3 rings (SSSR count). The Balaban J connectivity index is 1.77. The first-order valence-corrected chi connectivity index (χ1v) is 8.93. The number of aromatic nitrogens is 3. The Kier molecular flexibility index (Phi) is 5.34. The normalized spacial score (nSPS) is 15.9. The molecule has 0 bridgehead atoms. The number of hydrogen-bond acceptors (Lipinski definition) is 9. The highest BCUT2D eigenvalue weighted by atomic mass is 35.5. The fourth-order valence-electron chi connectivity index (χ4n) is 2.80. The Labute approximate surface area is 166 Å². The van der Waals surface area contributed by atoms with Crippen molar-refractivity contribution in [1.82, 2.24) is 15.0 Å². The summed E-state index contributed by atoms with van der Waals surface area (Å²) in [6.07, 6.45) is 4.50. The third-order valence-corrected chi connectivity index (χ3v) is 4.90. The molecule has 11 heteroatoms. The monoisotopic (exact) mass is 404 g/mol. The van der Waals surface area contributed by atoms with E-state index in [9.17, 15) is 4.79 Å². The zero-order valence-corrected chi connectivity index (χ0v) is 16.0. The molecule has 1 aliphatic heterocycles. The Morgan fingerprint density at radius 1 is 1.32 bits per heavy atom. The van der Waals surface area contributed by atoms with Crippen molar-refractivity contribution in [3.8, 4) is 5.75 Å². The summed E-state index contributed by atoms with van der Waals surface area (Å²) in [5.41, 5.74) is 17.1. The van der Waals surface area contributed by atoms with Crippen LogP contribution in [-0.2, 0) is 0 Å². The van der Waals surface area contributed by atoms with Crippen molar-refractivity contribution >= 4 is 35.0 Å². The van der Waals surface area contributed by atoms with E-state index in [1.165, 1.54) is 18.5 Å². The van der Waals surface area contributed by atoms with Crippen LogP contribution in [0.5, 0.6) is 5.75 Å². The average Bonchev–Trinajstić information content (AvgIpc) is 2.63. The number of halogens is 1. The second-order valence-electron chi connectivity index (χ2n) is 6.87. The zero-order chi connectivity index (χ0) is 20.5. The number of nitrogens with zero attached hydrogens (tertiary/aromatic N) is 4. The number of pyridine rings is 1. The number of nitrogens with two attached hydrogens (primary N) is 3. The van der Waals surface area contributed by atoms with Crippen LogP contribution in [0.2, 0.25) is 5.02 Å². The fourth-order valence-corrected chi connectivity index (χ4v) is 3.05. The van der Waals surface area contributed by atoms with Gasteiger partial charge in [0.15, 0.2) is 17.3 Å². The lowest BCUT2D eigenvalue weighted by molar-refractivity contribution is 0.0995. The van der Waals surface area contributed by atoms with Gasteiger partial charge in [-0.05, 0) is 19.8 Å². The molecule has 1 saturated heterocycles. The fraction of sp³-hybridized carbons (Fsp3) is 0.353. The Hall–Kier alpha value is -2.98. The maximum absolute atomic E-state index is 11.3. The lowest BCUT2D eigenvalue weighted by atomic mass is 9.91. The highest BCUT2D eigenvalue weighted by molar-refractivity contribution is 6.35. The maximum atomic E-state index is 11.3. The molecule has 28 heavy (non-hydrogen) atoms. The number of rotatable bonds is 4. The van der Waals surface area contributed by atoms with Crippen molar-refractivity contribution in [1.29, 1.82) is 5.41 Å². The van der Waals surface area contributed by atoms with E-state index in [1.54, 1.807) is 0 Å². The van der Waals surface area contributed by atoms with Gasteiger partial charge in [0.1, 0.15) is 16.5 Å². The van der Waals surface area contributed by atoms with E-state index in [-0.39, 0.29) is 39.4 Å². The molecular weight excluding hydrogens is 384 g/mol. The lowest BCUT2D eigenvalue weighted by Crippen LogP contribution is -2.48. The van der Waals surface area contributed by atoms with E-state index in [0.717, 1.165) is 25.9 Å². The molecule has 0 unspecified atom stereocenters. The van der Waals surface area contributed by atoms with Gasteiger partial charge < -0.3 is 26.8 Å². The number of carbonyl (C=O) groups is 1. The quantitative estimate of drug-likeness (QED) is 0.430. The minimum Gasteiger partial charge on any atom is -0.436 e. The van der Waals surface area contributed by atoms with Crippen LogP contribution in [0.1, 0.15) is 35.9 Å². The molecule has 0 spiro atoms. The highest BCUT2D eigenvalue weighted by Crippen LogP contribution is 2.28. The van der Waals surface area contributed by atoms with Gasteiger partial charge in [0.25, 0.3) is 5.91 Å². The van der Waals surface area contributed by atoms with Crippen LogP contribution in [0.3, 0.4) is 0 Å². The minimum absolute atomic E-state index is 0.0407. The molecule has 0 atom stereocenters. The highest BCUT2D eigenvalue weighted by Gasteiger charge is 2.27. The summed E-state index contributed by atoms with van der Waals surface area (Å²) in [7, 11) is 0. The van der Waals surface area contributed by atoms with Crippen molar-refractivity contribution in [3.63, 3.8) is 0 Å². The number of anilines is 2. The standard InChI is InChI=1S/C17H21ClN8O2/c1-17(22)3-6-26(7-4-17)10-8-24-13(14(19)25-10)16(21)28-9-2-5-23-12(11(9)18)15(20)27/h2,5,8,21H,3-4,6-7,22H2,1H3,(H2,19,25)(H2,20,27). The van der Waals surface area contributed by atoms with Gasteiger partial charge in [-0.15, -0.1) is 0 Å². The van der Waals surface area contributed by atoms with E-state index < -0.39 is 5.91 Å². The molecule has 2 aromatic heterocycles. The molecule has 0 radical (unpaired) electrons. The first kappa shape index (κ1) is 19.8. The first-order chi connectivity index (χ1) is 13.2. The molecule has 0 aromatic carbocycles. The third-order valence-electron chi connectivity index (χ3n) is 4.53. The predicted octanol–water partition coefficient (Wildman–Crippen LogP) is 0.928. The molecule has 148 valence electrons. The Bertz CT molecular complexity index is 923. The summed E-state index contributed by atoms with van der Waals surface area (Å²) in [5, 5.41) is 8.02. The van der Waals surface area contributed by atoms with Crippen LogP contribution in [0, 0.1) is 5.41 Å². The van der Waals surface area contributed by atoms with Crippen molar-refractivity contribution in [3.05, 3.63) is 34.9 Å². The molecule has 2 aromatic rings. The van der Waals surface area contributed by atoms with Gasteiger partial charge in [0, 0.05) is 30.9 Å². The van der Waals surface area contributed by atoms with Crippen LogP contribution in [0.4, 0.5) is 11.6 Å². The zero-order valence-electron chi connectivity index (χ0n) is 15.3. The first-order valence-electron chi connectivity index (χ1n) is 8.55. The SMILES string of the molecule is CC1(N)CCN(c2cnc(C(=N)Oc3ccnc(C(N)=O)c3Cl)c(N)n2)CC1. The number of nitrogens with one attached hydrogen (secondary N) is 1. The minimum atomic E-state index is -0.805. The number of hydrogen-bond donors (Lipinski definition) is 4. The summed E-state index contributed by atoms with van der Waals surface area (Å²) in [6, 6.07) is 1.40. The maximum Gasteiger partial charge on any atom is 0.268 e. The van der Waals surface area contributed by atoms with Crippen LogP contribution in [0.15, 0.2) is 18.5 Å². The molecular formula is C17H21ClN8O2. The van der Waals surface area contributed by atoms with Crippen LogP contribution < -0.4 is 26.8 Å². The number of primary amides is 1. The van der Waals surface area contributed by atoms with Crippen LogP contribution >= 0.6 is 11.6 Å². The van der Waals surface area contributed by atoms with Gasteiger partial charge in [0.05, 0.1) is 6.20 Å². The molecule has 0 saturated carbocycles. The predicted molar refractivity (Wildman–Crippen MR) is 106 cm³/mol. The Morgan fingerprint density at radius 3 is 2.61 bits per heavy atom. The van der Waals surface area contributed by atoms with Gasteiger partial charge in [-0.2, -0.15) is 0 Å². The third kappa shape index (κ3) is 4.12. The number of ether oxygens (including phenoxy) is 1. The number of piperidine rings is 1. The second-order valence-corrected chi connectivity index (χ2v) is 7.25. The summed E-state index contributed by atoms with van der Waals surface area (Å²) < 4.78 is 5.41. The van der Waals surface area contributed by atoms with Crippen molar-refractivity contribution < 1.29 is 9.53 Å². The van der Waals surface area contributed by atoms with Crippen LogP contribution in [0.25, 0.3) is 0 Å². The summed E-state index contributed by atoms with van der Waals surface area (Å²) in [4.78, 5) is 25.7. The molecule has 1 fully saturated rings. The summed E-state index contributed by atoms with van der Waals surface area (Å²) in [5.74, 6) is -0.473. The molecule has 7 N–H and O–H groups in total. The van der Waals surface area contributed by atoms with Gasteiger partial charge in [-0.1, -0.05) is 11.6 Å². The van der Waals surface area contributed by atoms with Gasteiger partial charge in [0.2, 0.25) is 5.90 Å². The van der Waals surface area contributed by atoms with Gasteiger partial charge >= 0.3 is 0 Å². The van der Waals surface area contributed by atoms with Crippen molar-refractivity contribution in [2.75, 3.05) is 23.7 Å². The average molecular weight is 405 g/mol. The van der Waals surface area contributed by atoms with Gasteiger partial charge in [-0.3, -0.25) is 10.2 Å². The van der Waals surface area contributed by atoms with E-state index in [1.807, 2.05) is 11.8 Å². The van der Waals surface area contributed by atoms with E-state index in [4.69, 9.17) is 38.9 Å². The molecule has 1 amide bonds. The van der Waals surface area contributed by atoms with E-state index in [2.05, 4.69) is 15.0 Å². The Morgan fingerprint density at radius 2 is 2.00 bits per heavy atom. The molecule has 0 aliphatic carbocycles. The smallest absolute Gasteiger partial charge is 0.268 e. The van der Waals surface area contributed by atoms with E-state index in [0.29, 0.717) is 5.82 Å². The molecule has 3 heterocycles. The number of amides is 1.